The highest BCUT2D eigenvalue weighted by Gasteiger charge is 2.16. The van der Waals surface area contributed by atoms with Gasteiger partial charge in [-0.25, -0.2) is 15.0 Å². The van der Waals surface area contributed by atoms with E-state index in [4.69, 9.17) is 0 Å². The molecule has 34 heavy (non-hydrogen) atoms. The lowest BCUT2D eigenvalue weighted by molar-refractivity contribution is 0.101. The molecule has 2 aromatic carbocycles. The molecule has 3 aromatic heterocycles. The van der Waals surface area contributed by atoms with Gasteiger partial charge in [-0.3, -0.25) is 20.2 Å². The molecule has 0 fully saturated rings. The van der Waals surface area contributed by atoms with Gasteiger partial charge in [-0.15, -0.1) is 0 Å². The van der Waals surface area contributed by atoms with Crippen LogP contribution >= 0.6 is 0 Å². The van der Waals surface area contributed by atoms with Crippen molar-refractivity contribution in [2.24, 2.45) is 0 Å². The monoisotopic (exact) mass is 447 g/mol. The van der Waals surface area contributed by atoms with Crippen LogP contribution in [0.25, 0.3) is 11.0 Å². The van der Waals surface area contributed by atoms with E-state index in [1.807, 2.05) is 30.3 Å². The highest BCUT2D eigenvalue weighted by Crippen LogP contribution is 2.20. The van der Waals surface area contributed by atoms with Gasteiger partial charge in [0, 0.05) is 29.7 Å². The zero-order chi connectivity index (χ0) is 23.3. The van der Waals surface area contributed by atoms with E-state index in [1.165, 1.54) is 12.4 Å². The Morgan fingerprint density at radius 2 is 1.68 bits per heavy atom. The smallest absolute Gasteiger partial charge is 0.260 e. The Hall–Kier alpha value is -5.23. The van der Waals surface area contributed by atoms with Crippen molar-refractivity contribution in [2.75, 3.05) is 10.6 Å². The third-order valence-electron chi connectivity index (χ3n) is 4.85. The Bertz CT molecular complexity index is 1540. The number of amides is 2. The number of para-hydroxylation sites is 1. The predicted molar refractivity (Wildman–Crippen MR) is 127 cm³/mol. The van der Waals surface area contributed by atoms with Crippen LogP contribution in [0.4, 0.5) is 11.9 Å². The summed E-state index contributed by atoms with van der Waals surface area (Å²) in [6.07, 6.45) is 4.67. The molecule has 0 saturated heterocycles. The molecule has 0 bridgehead atoms. The molecule has 3 heterocycles. The van der Waals surface area contributed by atoms with E-state index in [1.54, 1.807) is 36.5 Å². The number of aromatic nitrogens is 5. The summed E-state index contributed by atoms with van der Waals surface area (Å²) >= 11 is 0. The Kier molecular flexibility index (Phi) is 5.53. The van der Waals surface area contributed by atoms with Crippen molar-refractivity contribution in [3.63, 3.8) is 0 Å². The second-order valence-corrected chi connectivity index (χ2v) is 7.18. The number of nitrogens with one attached hydrogen (secondary N) is 4. The van der Waals surface area contributed by atoms with Crippen LogP contribution in [0.5, 0.6) is 0 Å². The molecule has 0 aliphatic carbocycles. The van der Waals surface area contributed by atoms with Crippen molar-refractivity contribution < 1.29 is 9.59 Å². The van der Waals surface area contributed by atoms with Crippen LogP contribution < -0.4 is 10.6 Å². The summed E-state index contributed by atoms with van der Waals surface area (Å²) in [7, 11) is 0. The minimum absolute atomic E-state index is 0.215. The zero-order valence-electron chi connectivity index (χ0n) is 17.7. The zero-order valence-corrected chi connectivity index (χ0v) is 17.7. The fraction of sp³-hybridized carbons (Fsp3) is 0. The lowest BCUT2D eigenvalue weighted by Gasteiger charge is -2.02. The number of rotatable bonds is 4. The van der Waals surface area contributed by atoms with E-state index in [2.05, 4.69) is 47.4 Å². The van der Waals surface area contributed by atoms with Gasteiger partial charge in [-0.2, -0.15) is 0 Å². The number of aromatic amines is 2. The summed E-state index contributed by atoms with van der Waals surface area (Å²) < 4.78 is 0. The van der Waals surface area contributed by atoms with Gasteiger partial charge in [0.25, 0.3) is 11.8 Å². The molecule has 5 rings (SSSR count). The van der Waals surface area contributed by atoms with Crippen molar-refractivity contribution in [3.8, 4) is 11.8 Å². The largest absolute Gasteiger partial charge is 0.331 e. The number of imidazole rings is 2. The van der Waals surface area contributed by atoms with Gasteiger partial charge in [0.1, 0.15) is 11.2 Å². The summed E-state index contributed by atoms with van der Waals surface area (Å²) in [5.41, 5.74) is 3.07. The fourth-order valence-corrected chi connectivity index (χ4v) is 3.26. The average molecular weight is 447 g/mol. The van der Waals surface area contributed by atoms with Crippen LogP contribution in [0.3, 0.4) is 0 Å². The first-order valence-electron chi connectivity index (χ1n) is 10.3. The maximum Gasteiger partial charge on any atom is 0.260 e. The number of hydrogen-bond donors (Lipinski definition) is 4. The number of anilines is 2. The molecule has 0 radical (unpaired) electrons. The molecule has 0 aliphatic heterocycles. The lowest BCUT2D eigenvalue weighted by atomic mass is 10.2. The number of fused-ring (bicyclic) bond motifs is 1. The third kappa shape index (κ3) is 4.51. The van der Waals surface area contributed by atoms with Crippen molar-refractivity contribution in [2.45, 2.75) is 0 Å². The summed E-state index contributed by atoms with van der Waals surface area (Å²) in [5.74, 6) is 5.77. The maximum absolute atomic E-state index is 12.8. The van der Waals surface area contributed by atoms with Gasteiger partial charge in [-0.1, -0.05) is 30.2 Å². The Morgan fingerprint density at radius 1 is 0.824 bits per heavy atom. The quantitative estimate of drug-likeness (QED) is 0.313. The molecule has 164 valence electrons. The number of pyridine rings is 1. The number of carbonyl (C=O) groups is 2. The first kappa shape index (κ1) is 20.7. The van der Waals surface area contributed by atoms with E-state index < -0.39 is 0 Å². The highest BCUT2D eigenvalue weighted by molar-refractivity contribution is 6.11. The molecule has 0 atom stereocenters. The second-order valence-electron chi connectivity index (χ2n) is 7.18. The number of hydrogen-bond acceptors (Lipinski definition) is 5. The number of nitrogens with zero attached hydrogens (tertiary/aromatic N) is 3. The third-order valence-corrected chi connectivity index (χ3v) is 4.85. The Labute approximate surface area is 193 Å². The average Bonchev–Trinajstić information content (AvgIpc) is 3.52. The molecule has 2 amide bonds. The van der Waals surface area contributed by atoms with E-state index in [-0.39, 0.29) is 17.8 Å². The minimum atomic E-state index is -0.384. The van der Waals surface area contributed by atoms with Gasteiger partial charge >= 0.3 is 0 Å². The van der Waals surface area contributed by atoms with E-state index in [9.17, 15) is 9.59 Å². The summed E-state index contributed by atoms with van der Waals surface area (Å²) in [6, 6.07) is 17.9. The maximum atomic E-state index is 12.8. The molecular weight excluding hydrogens is 430 g/mol. The van der Waals surface area contributed by atoms with Crippen molar-refractivity contribution in [1.82, 2.24) is 24.9 Å². The topological polar surface area (TPSA) is 128 Å². The number of H-pyrrole nitrogens is 2. The standard InChI is InChI=1S/C25H17N7O2/c33-22(17-11-12-26-18(15-17)10-9-16-5-2-1-3-6-16)31-25-29-20-8-4-7-19(21(20)30-25)23(34)32-24-27-13-14-28-24/h1-8,11-15H,(H2,27,28,32,34)(H2,29,30,31,33). The van der Waals surface area contributed by atoms with Gasteiger partial charge in [0.05, 0.1) is 11.1 Å². The Balaban J connectivity index is 1.35. The van der Waals surface area contributed by atoms with Crippen LogP contribution in [0.1, 0.15) is 32.0 Å². The van der Waals surface area contributed by atoms with Gasteiger partial charge in [-0.05, 0) is 42.3 Å². The molecule has 0 saturated carbocycles. The van der Waals surface area contributed by atoms with E-state index in [0.717, 1.165) is 5.56 Å². The van der Waals surface area contributed by atoms with Crippen LogP contribution in [0.15, 0.2) is 79.3 Å². The molecule has 4 N–H and O–H groups in total. The van der Waals surface area contributed by atoms with E-state index >= 15 is 0 Å². The Morgan fingerprint density at radius 3 is 2.50 bits per heavy atom. The molecule has 0 unspecified atom stereocenters. The van der Waals surface area contributed by atoms with Crippen LogP contribution in [0, 0.1) is 11.8 Å². The SMILES string of the molecule is O=C(Nc1nc2c(C(=O)Nc3ncc[nH]3)cccc2[nH]1)c1ccnc(C#Cc2ccccc2)c1. The van der Waals surface area contributed by atoms with E-state index in [0.29, 0.717) is 33.8 Å². The van der Waals surface area contributed by atoms with Gasteiger partial charge in [0.15, 0.2) is 0 Å². The molecule has 5 aromatic rings. The van der Waals surface area contributed by atoms with Crippen LogP contribution in [-0.2, 0) is 0 Å². The lowest BCUT2D eigenvalue weighted by Crippen LogP contribution is -2.14. The number of benzene rings is 2. The fourth-order valence-electron chi connectivity index (χ4n) is 3.26. The highest BCUT2D eigenvalue weighted by atomic mass is 16.2. The number of carbonyl (C=O) groups excluding carboxylic acids is 2. The van der Waals surface area contributed by atoms with Gasteiger partial charge in [0.2, 0.25) is 11.9 Å². The molecule has 9 nitrogen and oxygen atoms in total. The molecule has 0 spiro atoms. The first-order chi connectivity index (χ1) is 16.7. The summed E-state index contributed by atoms with van der Waals surface area (Å²) in [5, 5.41) is 5.40. The van der Waals surface area contributed by atoms with Crippen molar-refractivity contribution in [1.29, 1.82) is 0 Å². The van der Waals surface area contributed by atoms with Crippen LogP contribution in [-0.4, -0.2) is 36.7 Å². The molecular formula is C25H17N7O2. The van der Waals surface area contributed by atoms with Crippen molar-refractivity contribution in [3.05, 3.63) is 102 Å². The van der Waals surface area contributed by atoms with Gasteiger partial charge < -0.3 is 9.97 Å². The first-order valence-corrected chi connectivity index (χ1v) is 10.3. The minimum Gasteiger partial charge on any atom is -0.331 e. The molecule has 0 aliphatic rings. The second kappa shape index (κ2) is 9.10. The predicted octanol–water partition coefficient (Wildman–Crippen LogP) is 3.59. The normalized spacial score (nSPS) is 10.4. The summed E-state index contributed by atoms with van der Waals surface area (Å²) in [4.78, 5) is 43.9. The molecule has 9 heteroatoms. The summed E-state index contributed by atoms with van der Waals surface area (Å²) in [6.45, 7) is 0. The van der Waals surface area contributed by atoms with Crippen LogP contribution in [0.2, 0.25) is 0 Å². The van der Waals surface area contributed by atoms with Crippen molar-refractivity contribution >= 4 is 34.7 Å².